The van der Waals surface area contributed by atoms with E-state index in [2.05, 4.69) is 20.9 Å². The quantitative estimate of drug-likeness (QED) is 0.912. The molecule has 100 valence electrons. The van der Waals surface area contributed by atoms with E-state index < -0.39 is 0 Å². The highest BCUT2D eigenvalue weighted by Gasteiger charge is 2.20. The molecule has 1 aromatic heterocycles. The van der Waals surface area contributed by atoms with Gasteiger partial charge in [-0.1, -0.05) is 0 Å². The van der Waals surface area contributed by atoms with Gasteiger partial charge in [0.1, 0.15) is 18.2 Å². The highest BCUT2D eigenvalue weighted by Crippen LogP contribution is 2.40. The molecule has 2 aromatic rings. The maximum absolute atomic E-state index is 6.26. The molecule has 1 aliphatic heterocycles. The lowest BCUT2D eigenvalue weighted by Crippen LogP contribution is -2.17. The number of ether oxygens (including phenoxy) is 2. The first-order valence-electron chi connectivity index (χ1n) is 5.92. The molecule has 0 spiro atoms. The van der Waals surface area contributed by atoms with Crippen LogP contribution in [0.5, 0.6) is 11.5 Å². The van der Waals surface area contributed by atoms with Crippen molar-refractivity contribution in [1.29, 1.82) is 0 Å². The van der Waals surface area contributed by atoms with Gasteiger partial charge in [-0.2, -0.15) is 0 Å². The van der Waals surface area contributed by atoms with Crippen molar-refractivity contribution in [3.05, 3.63) is 38.3 Å². The molecule has 3 rings (SSSR count). The van der Waals surface area contributed by atoms with Crippen LogP contribution in [-0.4, -0.2) is 18.2 Å². The van der Waals surface area contributed by atoms with Crippen molar-refractivity contribution >= 4 is 27.3 Å². The van der Waals surface area contributed by atoms with Gasteiger partial charge in [0, 0.05) is 11.1 Å². The first kappa shape index (κ1) is 12.9. The fourth-order valence-corrected chi connectivity index (χ4v) is 3.35. The Kier molecular flexibility index (Phi) is 3.47. The first-order chi connectivity index (χ1) is 9.15. The van der Waals surface area contributed by atoms with Crippen LogP contribution in [0.2, 0.25) is 0 Å². The average Bonchev–Trinajstić information content (AvgIpc) is 2.84. The average molecular weight is 341 g/mol. The van der Waals surface area contributed by atoms with E-state index in [0.717, 1.165) is 31.4 Å². The van der Waals surface area contributed by atoms with Gasteiger partial charge >= 0.3 is 0 Å². The van der Waals surface area contributed by atoms with Gasteiger partial charge in [0.15, 0.2) is 11.5 Å². The summed E-state index contributed by atoms with van der Waals surface area (Å²) in [6, 6.07) is 3.65. The summed E-state index contributed by atoms with van der Waals surface area (Å²) in [4.78, 5) is 5.49. The van der Waals surface area contributed by atoms with E-state index >= 15 is 0 Å². The number of benzene rings is 1. The maximum atomic E-state index is 6.26. The predicted molar refractivity (Wildman–Crippen MR) is 78.0 cm³/mol. The molecule has 4 nitrogen and oxygen atoms in total. The Labute approximate surface area is 123 Å². The van der Waals surface area contributed by atoms with E-state index in [1.807, 2.05) is 25.3 Å². The Morgan fingerprint density at radius 3 is 2.89 bits per heavy atom. The van der Waals surface area contributed by atoms with Gasteiger partial charge < -0.3 is 15.2 Å². The molecule has 19 heavy (non-hydrogen) atoms. The van der Waals surface area contributed by atoms with Crippen molar-refractivity contribution < 1.29 is 9.47 Å². The number of aromatic nitrogens is 1. The second kappa shape index (κ2) is 5.11. The Bertz CT molecular complexity index is 615. The van der Waals surface area contributed by atoms with Gasteiger partial charge in [0.2, 0.25) is 0 Å². The van der Waals surface area contributed by atoms with Gasteiger partial charge in [-0.15, -0.1) is 11.3 Å². The molecular formula is C13H13BrN2O2S. The van der Waals surface area contributed by atoms with Crippen molar-refractivity contribution in [3.8, 4) is 11.5 Å². The zero-order chi connectivity index (χ0) is 13.4. The van der Waals surface area contributed by atoms with E-state index in [4.69, 9.17) is 15.2 Å². The number of hydrogen-bond acceptors (Lipinski definition) is 5. The van der Waals surface area contributed by atoms with Gasteiger partial charge in [-0.3, -0.25) is 0 Å². The summed E-state index contributed by atoms with van der Waals surface area (Å²) in [7, 11) is 0. The third-order valence-electron chi connectivity index (χ3n) is 2.88. The van der Waals surface area contributed by atoms with Crippen molar-refractivity contribution in [1.82, 2.24) is 4.98 Å². The molecule has 2 N–H and O–H groups in total. The van der Waals surface area contributed by atoms with Gasteiger partial charge in [-0.05, 0) is 40.5 Å². The smallest absolute Gasteiger partial charge is 0.175 e. The van der Waals surface area contributed by atoms with Crippen LogP contribution in [0.1, 0.15) is 21.5 Å². The van der Waals surface area contributed by atoms with Crippen molar-refractivity contribution in [3.63, 3.8) is 0 Å². The molecule has 1 atom stereocenters. The van der Waals surface area contributed by atoms with Crippen LogP contribution in [0.3, 0.4) is 0 Å². The molecule has 0 saturated heterocycles. The van der Waals surface area contributed by atoms with Gasteiger partial charge in [0.25, 0.3) is 0 Å². The monoisotopic (exact) mass is 340 g/mol. The lowest BCUT2D eigenvalue weighted by atomic mass is 10.1. The molecule has 2 heterocycles. The van der Waals surface area contributed by atoms with Crippen LogP contribution in [0.15, 0.2) is 22.8 Å². The molecule has 0 bridgehead atoms. The Morgan fingerprint density at radius 2 is 2.16 bits per heavy atom. The minimum absolute atomic E-state index is 0.245. The second-order valence-corrected chi connectivity index (χ2v) is 6.43. The lowest BCUT2D eigenvalue weighted by molar-refractivity contribution is 0.170. The van der Waals surface area contributed by atoms with Crippen LogP contribution in [0.4, 0.5) is 0 Å². The summed E-state index contributed by atoms with van der Waals surface area (Å²) >= 11 is 5.11. The number of hydrogen-bond donors (Lipinski definition) is 1. The maximum Gasteiger partial charge on any atom is 0.175 e. The topological polar surface area (TPSA) is 57.4 Å². The predicted octanol–water partition coefficient (Wildman–Crippen LogP) is 3.03. The van der Waals surface area contributed by atoms with Gasteiger partial charge in [-0.25, -0.2) is 4.98 Å². The molecule has 6 heteroatoms. The Balaban J connectivity index is 1.99. The standard InChI is InChI=1S/C13H13BrN2O2S/c1-7-6-16-13(19-7)11(15)8-4-9(14)12-10(5-8)17-2-3-18-12/h4-6,11H,2-3,15H2,1H3. The molecule has 0 amide bonds. The van der Waals surface area contributed by atoms with Crippen molar-refractivity contribution in [2.24, 2.45) is 5.73 Å². The molecule has 0 saturated carbocycles. The minimum Gasteiger partial charge on any atom is -0.486 e. The lowest BCUT2D eigenvalue weighted by Gasteiger charge is -2.21. The number of nitrogens with two attached hydrogens (primary N) is 1. The first-order valence-corrected chi connectivity index (χ1v) is 7.53. The van der Waals surface area contributed by atoms with Crippen LogP contribution >= 0.6 is 27.3 Å². The molecule has 1 aliphatic rings. The summed E-state index contributed by atoms with van der Waals surface area (Å²) in [5.74, 6) is 1.48. The summed E-state index contributed by atoms with van der Waals surface area (Å²) in [6.45, 7) is 3.16. The fourth-order valence-electron chi connectivity index (χ4n) is 1.97. The highest BCUT2D eigenvalue weighted by atomic mass is 79.9. The number of halogens is 1. The number of rotatable bonds is 2. The van der Waals surface area contributed by atoms with Crippen LogP contribution in [0.25, 0.3) is 0 Å². The summed E-state index contributed by atoms with van der Waals surface area (Å²) in [5, 5.41) is 0.904. The molecule has 0 fully saturated rings. The Hall–Kier alpha value is -1.11. The molecule has 1 unspecified atom stereocenters. The minimum atomic E-state index is -0.245. The zero-order valence-electron chi connectivity index (χ0n) is 10.4. The second-order valence-electron chi connectivity index (χ2n) is 4.31. The number of thiazole rings is 1. The number of nitrogens with zero attached hydrogens (tertiary/aromatic N) is 1. The fraction of sp³-hybridized carbons (Fsp3) is 0.308. The molecule has 1 aromatic carbocycles. The summed E-state index contributed by atoms with van der Waals surface area (Å²) < 4.78 is 12.0. The normalized spacial score (nSPS) is 15.3. The van der Waals surface area contributed by atoms with E-state index in [1.54, 1.807) is 11.3 Å². The van der Waals surface area contributed by atoms with Crippen LogP contribution in [0, 0.1) is 6.92 Å². The summed E-state index contributed by atoms with van der Waals surface area (Å²) in [6.07, 6.45) is 1.84. The molecule has 0 aliphatic carbocycles. The van der Waals surface area contributed by atoms with E-state index in [9.17, 15) is 0 Å². The summed E-state index contributed by atoms with van der Waals surface area (Å²) in [5.41, 5.74) is 7.23. The SMILES string of the molecule is Cc1cnc(C(N)c2cc(Br)c3c(c2)OCCO3)s1. The third kappa shape index (κ3) is 2.48. The van der Waals surface area contributed by atoms with Crippen LogP contribution in [-0.2, 0) is 0 Å². The Morgan fingerprint density at radius 1 is 1.37 bits per heavy atom. The van der Waals surface area contributed by atoms with Crippen LogP contribution < -0.4 is 15.2 Å². The molecule has 0 radical (unpaired) electrons. The zero-order valence-corrected chi connectivity index (χ0v) is 12.8. The van der Waals surface area contributed by atoms with Crippen molar-refractivity contribution in [2.45, 2.75) is 13.0 Å². The molecular weight excluding hydrogens is 328 g/mol. The van der Waals surface area contributed by atoms with Gasteiger partial charge in [0.05, 0.1) is 10.5 Å². The van der Waals surface area contributed by atoms with E-state index in [-0.39, 0.29) is 6.04 Å². The number of aryl methyl sites for hydroxylation is 1. The van der Waals surface area contributed by atoms with E-state index in [1.165, 1.54) is 0 Å². The highest BCUT2D eigenvalue weighted by molar-refractivity contribution is 9.10. The third-order valence-corrected chi connectivity index (χ3v) is 4.47. The largest absolute Gasteiger partial charge is 0.486 e. The number of fused-ring (bicyclic) bond motifs is 1. The van der Waals surface area contributed by atoms with Crippen molar-refractivity contribution in [2.75, 3.05) is 13.2 Å². The van der Waals surface area contributed by atoms with E-state index in [0.29, 0.717) is 13.2 Å².